The smallest absolute Gasteiger partial charge is 0.330 e. The molecule has 0 aliphatic carbocycles. The van der Waals surface area contributed by atoms with Crippen LogP contribution in [0, 0.1) is 6.92 Å². The lowest BCUT2D eigenvalue weighted by molar-refractivity contribution is -0.160. The van der Waals surface area contributed by atoms with Crippen molar-refractivity contribution in [2.75, 3.05) is 53.1 Å². The number of aromatic hydroxyl groups is 3. The molecule has 4 rings (SSSR count). The lowest BCUT2D eigenvalue weighted by Crippen LogP contribution is -2.50. The molecule has 45 heavy (non-hydrogen) atoms. The van der Waals surface area contributed by atoms with Crippen LogP contribution in [0.15, 0.2) is 27.9 Å². The van der Waals surface area contributed by atoms with E-state index in [1.807, 2.05) is 0 Å². The highest BCUT2D eigenvalue weighted by atomic mass is 16.6. The molecular weight excluding hydrogens is 600 g/mol. The predicted octanol–water partition coefficient (Wildman–Crippen LogP) is -1.44. The van der Waals surface area contributed by atoms with E-state index in [1.165, 1.54) is 30.0 Å². The van der Waals surface area contributed by atoms with Crippen LogP contribution in [-0.4, -0.2) is 129 Å². The van der Waals surface area contributed by atoms with E-state index in [9.17, 15) is 44.4 Å². The molecule has 2 saturated heterocycles. The second kappa shape index (κ2) is 14.6. The van der Waals surface area contributed by atoms with Gasteiger partial charge in [0.2, 0.25) is 5.91 Å². The number of nitrogens with zero attached hydrogens (tertiary/aromatic N) is 3. The summed E-state index contributed by atoms with van der Waals surface area (Å²) in [6, 6.07) is 2.07. The maximum absolute atomic E-state index is 12.9. The third kappa shape index (κ3) is 7.62. The molecule has 2 unspecified atom stereocenters. The van der Waals surface area contributed by atoms with Gasteiger partial charge in [-0.15, -0.1) is 0 Å². The van der Waals surface area contributed by atoms with Gasteiger partial charge >= 0.3 is 11.7 Å². The van der Waals surface area contributed by atoms with Crippen molar-refractivity contribution >= 4 is 17.8 Å². The number of methoxy groups -OCH3 is 1. The molecule has 4 atom stereocenters. The van der Waals surface area contributed by atoms with Crippen LogP contribution in [0.25, 0.3) is 0 Å². The van der Waals surface area contributed by atoms with Gasteiger partial charge in [-0.25, -0.2) is 4.79 Å². The molecule has 0 radical (unpaired) electrons. The maximum Gasteiger partial charge on any atom is 0.330 e. The fourth-order valence-corrected chi connectivity index (χ4v) is 5.09. The van der Waals surface area contributed by atoms with Crippen LogP contribution in [0.1, 0.15) is 35.0 Å². The summed E-state index contributed by atoms with van der Waals surface area (Å²) >= 11 is 0. The molecule has 1 aromatic carbocycles. The number of benzene rings is 1. The van der Waals surface area contributed by atoms with Gasteiger partial charge in [0, 0.05) is 57.0 Å². The molecule has 5 N–H and O–H groups in total. The second-order valence-electron chi connectivity index (χ2n) is 10.5. The molecule has 17 nitrogen and oxygen atoms in total. The Hall–Kier alpha value is -4.45. The number of ether oxygens (including phenoxy) is 4. The predicted molar refractivity (Wildman–Crippen MR) is 152 cm³/mol. The van der Waals surface area contributed by atoms with Gasteiger partial charge in [0.1, 0.15) is 12.2 Å². The Balaban J connectivity index is 1.35. The molecule has 3 heterocycles. The van der Waals surface area contributed by atoms with Gasteiger partial charge < -0.3 is 49.2 Å². The molecule has 2 aliphatic rings. The Morgan fingerprint density at radius 2 is 1.62 bits per heavy atom. The summed E-state index contributed by atoms with van der Waals surface area (Å²) in [5.74, 6) is -3.66. The van der Waals surface area contributed by atoms with Gasteiger partial charge in [-0.1, -0.05) is 0 Å². The van der Waals surface area contributed by atoms with Gasteiger partial charge in [-0.2, -0.15) is 0 Å². The molecule has 0 spiro atoms. The van der Waals surface area contributed by atoms with E-state index in [1.54, 1.807) is 0 Å². The van der Waals surface area contributed by atoms with E-state index >= 15 is 0 Å². The number of aromatic amines is 1. The van der Waals surface area contributed by atoms with Gasteiger partial charge in [0.05, 0.1) is 26.2 Å². The first-order chi connectivity index (χ1) is 21.4. The van der Waals surface area contributed by atoms with Gasteiger partial charge in [0.15, 0.2) is 29.6 Å². The molecule has 1 aromatic heterocycles. The van der Waals surface area contributed by atoms with Crippen molar-refractivity contribution in [2.45, 2.75) is 44.3 Å². The van der Waals surface area contributed by atoms with E-state index in [-0.39, 0.29) is 69.3 Å². The number of carbonyl (C=O) groups is 3. The number of aliphatic hydroxyl groups excluding tert-OH is 1. The Labute approximate surface area is 256 Å². The summed E-state index contributed by atoms with van der Waals surface area (Å²) in [7, 11) is 1.46. The molecule has 0 saturated carbocycles. The minimum absolute atomic E-state index is 0.0327. The number of esters is 1. The van der Waals surface area contributed by atoms with Crippen molar-refractivity contribution in [2.24, 2.45) is 0 Å². The zero-order valence-electron chi connectivity index (χ0n) is 24.7. The van der Waals surface area contributed by atoms with Crippen molar-refractivity contribution in [3.8, 4) is 17.2 Å². The highest BCUT2D eigenvalue weighted by Crippen LogP contribution is 2.36. The monoisotopic (exact) mass is 636 g/mol. The standard InChI is InChI=1S/C28H36N4O13/c1-15-13-32(28(41)29-25(15)39)27-24(43-10-9-42-2)23(19(14-33)44-27)45-21(37)4-3-20(36)30-5-7-31(8-6-30)26(40)16-11-17(34)22(38)18(35)12-16/h11-13,19,23-24,27,33-35,38H,3-10,14H2,1-2H3,(H,29,39,41)/t19-,23?,24?,27-/m1/s1. The summed E-state index contributed by atoms with van der Waals surface area (Å²) in [6.45, 7) is 1.76. The highest BCUT2D eigenvalue weighted by molar-refractivity contribution is 5.95. The fraction of sp³-hybridized carbons (Fsp3) is 0.536. The molecule has 2 fully saturated rings. The number of nitrogens with one attached hydrogen (secondary N) is 1. The molecule has 2 aromatic rings. The van der Waals surface area contributed by atoms with Crippen molar-refractivity contribution in [1.29, 1.82) is 0 Å². The van der Waals surface area contributed by atoms with E-state index in [2.05, 4.69) is 4.98 Å². The van der Waals surface area contributed by atoms with E-state index in [4.69, 9.17) is 18.9 Å². The van der Waals surface area contributed by atoms with Crippen LogP contribution in [0.4, 0.5) is 0 Å². The number of hydrogen-bond donors (Lipinski definition) is 5. The minimum Gasteiger partial charge on any atom is -0.504 e. The minimum atomic E-state index is -1.16. The zero-order chi connectivity index (χ0) is 32.8. The third-order valence-corrected chi connectivity index (χ3v) is 7.53. The molecule has 17 heteroatoms. The SMILES string of the molecule is COCCOC1C(OC(=O)CCC(=O)N2CCN(C(=O)c3cc(O)c(O)c(O)c3)CC2)[C@@H](CO)O[C@H]1n1cc(C)c(=O)[nH]c1=O. The number of H-pyrrole nitrogens is 1. The first-order valence-corrected chi connectivity index (χ1v) is 14.2. The molecule has 246 valence electrons. The van der Waals surface area contributed by atoms with E-state index in [0.29, 0.717) is 0 Å². The van der Waals surface area contributed by atoms with Crippen LogP contribution in [0.3, 0.4) is 0 Å². The number of carbonyl (C=O) groups excluding carboxylic acids is 3. The normalized spacial score (nSPS) is 21.6. The molecule has 0 bridgehead atoms. The lowest BCUT2D eigenvalue weighted by Gasteiger charge is -2.35. The number of phenols is 3. The largest absolute Gasteiger partial charge is 0.504 e. The Bertz CT molecular complexity index is 1490. The molecule has 2 aliphatic heterocycles. The third-order valence-electron chi connectivity index (χ3n) is 7.53. The van der Waals surface area contributed by atoms with Gasteiger partial charge in [0.25, 0.3) is 11.5 Å². The van der Waals surface area contributed by atoms with Crippen molar-refractivity contribution in [1.82, 2.24) is 19.4 Å². The summed E-state index contributed by atoms with van der Waals surface area (Å²) < 4.78 is 23.4. The highest BCUT2D eigenvalue weighted by Gasteiger charge is 2.49. The number of aliphatic hydroxyl groups is 1. The number of piperazine rings is 1. The second-order valence-corrected chi connectivity index (χ2v) is 10.5. The Kier molecular flexibility index (Phi) is 10.8. The summed E-state index contributed by atoms with van der Waals surface area (Å²) in [5, 5.41) is 38.9. The summed E-state index contributed by atoms with van der Waals surface area (Å²) in [6.07, 6.45) is -3.71. The van der Waals surface area contributed by atoms with Gasteiger partial charge in [-0.3, -0.25) is 28.7 Å². The number of phenolic OH excluding ortho intramolecular Hbond substituents is 3. The zero-order valence-corrected chi connectivity index (χ0v) is 24.7. The first-order valence-electron chi connectivity index (χ1n) is 14.2. The number of aromatic nitrogens is 2. The quantitative estimate of drug-likeness (QED) is 0.108. The van der Waals surface area contributed by atoms with E-state index in [0.717, 1.165) is 16.7 Å². The fourth-order valence-electron chi connectivity index (χ4n) is 5.09. The number of aryl methyl sites for hydroxylation is 1. The summed E-state index contributed by atoms with van der Waals surface area (Å²) in [5.41, 5.74) is -1.18. The van der Waals surface area contributed by atoms with Crippen LogP contribution in [0.2, 0.25) is 0 Å². The van der Waals surface area contributed by atoms with Gasteiger partial charge in [-0.05, 0) is 19.1 Å². The van der Waals surface area contributed by atoms with Crippen LogP contribution >= 0.6 is 0 Å². The first kappa shape index (κ1) is 33.4. The summed E-state index contributed by atoms with van der Waals surface area (Å²) in [4.78, 5) is 68.0. The van der Waals surface area contributed by atoms with E-state index < -0.39 is 71.5 Å². The average molecular weight is 637 g/mol. The number of amides is 2. The Morgan fingerprint density at radius 3 is 2.24 bits per heavy atom. The topological polar surface area (TPSA) is 230 Å². The van der Waals surface area contributed by atoms with Crippen molar-refractivity contribution in [3.05, 3.63) is 50.3 Å². The van der Waals surface area contributed by atoms with Crippen LogP contribution in [0.5, 0.6) is 17.2 Å². The lowest BCUT2D eigenvalue weighted by atomic mass is 10.1. The maximum atomic E-state index is 12.9. The van der Waals surface area contributed by atoms with Crippen molar-refractivity contribution < 1.29 is 53.8 Å². The van der Waals surface area contributed by atoms with Crippen LogP contribution < -0.4 is 11.2 Å². The molecule has 2 amide bonds. The van der Waals surface area contributed by atoms with Crippen LogP contribution in [-0.2, 0) is 28.5 Å². The van der Waals surface area contributed by atoms with Crippen molar-refractivity contribution in [3.63, 3.8) is 0 Å². The average Bonchev–Trinajstić information content (AvgIpc) is 3.36. The number of hydrogen-bond acceptors (Lipinski definition) is 13. The number of rotatable bonds is 11. The Morgan fingerprint density at radius 1 is 0.978 bits per heavy atom. The molecular formula is C28H36N4O13.